The molecule has 0 aliphatic heterocycles. The molecule has 0 heterocycles. The van der Waals surface area contributed by atoms with E-state index < -0.39 is 14.6 Å². The van der Waals surface area contributed by atoms with Crippen LogP contribution in [0.5, 0.6) is 0 Å². The van der Waals surface area contributed by atoms with Crippen LogP contribution in [-0.2, 0) is 14.6 Å². The minimum absolute atomic E-state index is 0.0616. The maximum atomic E-state index is 12.2. The van der Waals surface area contributed by atoms with Gasteiger partial charge in [-0.1, -0.05) is 19.8 Å². The summed E-state index contributed by atoms with van der Waals surface area (Å²) in [5, 5.41) is 0. The molecule has 1 rings (SSSR count). The van der Waals surface area contributed by atoms with Crippen molar-refractivity contribution in [2.75, 3.05) is 6.26 Å². The number of ketones is 1. The fourth-order valence-corrected chi connectivity index (χ4v) is 2.88. The van der Waals surface area contributed by atoms with Crippen LogP contribution < -0.4 is 0 Å². The number of hydrogen-bond acceptors (Lipinski definition) is 3. The lowest BCUT2D eigenvalue weighted by atomic mass is 9.77. The summed E-state index contributed by atoms with van der Waals surface area (Å²) in [5.74, 6) is 0.382. The second-order valence-corrected chi connectivity index (χ2v) is 8.18. The second-order valence-electron chi connectivity index (χ2n) is 5.62. The Bertz CT molecular complexity index is 368. The zero-order valence-electron chi connectivity index (χ0n) is 10.6. The molecule has 0 aromatic heterocycles. The molecule has 3 nitrogen and oxygen atoms in total. The molecule has 1 fully saturated rings. The van der Waals surface area contributed by atoms with Crippen molar-refractivity contribution in [3.63, 3.8) is 0 Å². The van der Waals surface area contributed by atoms with Gasteiger partial charge in [0.25, 0.3) is 0 Å². The quantitative estimate of drug-likeness (QED) is 0.767. The summed E-state index contributed by atoms with van der Waals surface area (Å²) in [6.07, 6.45) is 5.04. The monoisotopic (exact) mass is 246 g/mol. The van der Waals surface area contributed by atoms with Gasteiger partial charge in [-0.2, -0.15) is 0 Å². The SMILES string of the molecule is CC1CCCC(C(=O)C(C)(C)S(C)(=O)=O)C1. The van der Waals surface area contributed by atoms with E-state index in [4.69, 9.17) is 0 Å². The molecule has 0 saturated heterocycles. The summed E-state index contributed by atoms with van der Waals surface area (Å²) < 4.78 is 22.0. The smallest absolute Gasteiger partial charge is 0.159 e. The average Bonchev–Trinajstić information content (AvgIpc) is 2.14. The van der Waals surface area contributed by atoms with Gasteiger partial charge in [0.1, 0.15) is 4.75 Å². The first-order valence-electron chi connectivity index (χ1n) is 5.90. The van der Waals surface area contributed by atoms with E-state index in [0.29, 0.717) is 5.92 Å². The van der Waals surface area contributed by atoms with Crippen LogP contribution in [0, 0.1) is 11.8 Å². The Morgan fingerprint density at radius 2 is 1.81 bits per heavy atom. The molecule has 0 aromatic carbocycles. The Morgan fingerprint density at radius 1 is 1.25 bits per heavy atom. The van der Waals surface area contributed by atoms with Crippen LogP contribution in [0.1, 0.15) is 46.5 Å². The van der Waals surface area contributed by atoms with Gasteiger partial charge in [0.2, 0.25) is 0 Å². The molecule has 1 saturated carbocycles. The van der Waals surface area contributed by atoms with E-state index in [-0.39, 0.29) is 11.7 Å². The predicted octanol–water partition coefficient (Wildman–Crippen LogP) is 2.21. The highest BCUT2D eigenvalue weighted by molar-refractivity contribution is 7.92. The fraction of sp³-hybridized carbons (Fsp3) is 0.917. The van der Waals surface area contributed by atoms with Crippen LogP contribution in [-0.4, -0.2) is 25.2 Å². The van der Waals surface area contributed by atoms with Gasteiger partial charge >= 0.3 is 0 Å². The van der Waals surface area contributed by atoms with Crippen LogP contribution in [0.15, 0.2) is 0 Å². The summed E-state index contributed by atoms with van der Waals surface area (Å²) >= 11 is 0. The van der Waals surface area contributed by atoms with Gasteiger partial charge in [0, 0.05) is 12.2 Å². The van der Waals surface area contributed by atoms with Gasteiger partial charge in [-0.15, -0.1) is 0 Å². The molecule has 1 aliphatic carbocycles. The summed E-state index contributed by atoms with van der Waals surface area (Å²) in [6.45, 7) is 5.20. The molecule has 94 valence electrons. The van der Waals surface area contributed by atoms with E-state index in [1.165, 1.54) is 13.8 Å². The summed E-state index contributed by atoms with van der Waals surface area (Å²) in [6, 6.07) is 0. The molecule has 4 heteroatoms. The van der Waals surface area contributed by atoms with Crippen LogP contribution in [0.25, 0.3) is 0 Å². The third kappa shape index (κ3) is 2.65. The highest BCUT2D eigenvalue weighted by Crippen LogP contribution is 2.33. The Balaban J connectivity index is 2.85. The minimum Gasteiger partial charge on any atom is -0.298 e. The minimum atomic E-state index is -3.32. The molecule has 2 atom stereocenters. The van der Waals surface area contributed by atoms with E-state index in [0.717, 1.165) is 31.9 Å². The number of carbonyl (C=O) groups is 1. The van der Waals surface area contributed by atoms with Gasteiger partial charge in [0.05, 0.1) is 0 Å². The molecule has 2 unspecified atom stereocenters. The van der Waals surface area contributed by atoms with E-state index in [2.05, 4.69) is 6.92 Å². The van der Waals surface area contributed by atoms with Crippen LogP contribution in [0.2, 0.25) is 0 Å². The van der Waals surface area contributed by atoms with Crippen LogP contribution in [0.3, 0.4) is 0 Å². The maximum absolute atomic E-state index is 12.2. The van der Waals surface area contributed by atoms with Crippen molar-refractivity contribution in [1.29, 1.82) is 0 Å². The maximum Gasteiger partial charge on any atom is 0.159 e. The summed E-state index contributed by atoms with van der Waals surface area (Å²) in [7, 11) is -3.32. The van der Waals surface area contributed by atoms with Gasteiger partial charge in [0.15, 0.2) is 15.6 Å². The van der Waals surface area contributed by atoms with Crippen molar-refractivity contribution in [1.82, 2.24) is 0 Å². The average molecular weight is 246 g/mol. The highest BCUT2D eigenvalue weighted by atomic mass is 32.2. The molecule has 0 N–H and O–H groups in total. The molecule has 1 aliphatic rings. The summed E-state index contributed by atoms with van der Waals surface area (Å²) in [4.78, 5) is 12.2. The number of hydrogen-bond donors (Lipinski definition) is 0. The topological polar surface area (TPSA) is 51.2 Å². The molecule has 0 aromatic rings. The van der Waals surface area contributed by atoms with E-state index >= 15 is 0 Å². The van der Waals surface area contributed by atoms with E-state index in [1.54, 1.807) is 0 Å². The lowest BCUT2D eigenvalue weighted by Gasteiger charge is -2.31. The molecule has 0 amide bonds. The predicted molar refractivity (Wildman–Crippen MR) is 65.1 cm³/mol. The Hall–Kier alpha value is -0.380. The zero-order valence-corrected chi connectivity index (χ0v) is 11.4. The molecular weight excluding hydrogens is 224 g/mol. The lowest BCUT2D eigenvalue weighted by Crippen LogP contribution is -2.44. The van der Waals surface area contributed by atoms with Crippen molar-refractivity contribution in [2.24, 2.45) is 11.8 Å². The largest absolute Gasteiger partial charge is 0.298 e. The second kappa shape index (κ2) is 4.47. The fourth-order valence-electron chi connectivity index (χ4n) is 2.35. The zero-order chi connectivity index (χ0) is 12.6. The van der Waals surface area contributed by atoms with Crippen molar-refractivity contribution >= 4 is 15.6 Å². The Kier molecular flexibility index (Phi) is 3.83. The molecule has 16 heavy (non-hydrogen) atoms. The molecule has 0 bridgehead atoms. The molecule has 0 radical (unpaired) electrons. The summed E-state index contributed by atoms with van der Waals surface area (Å²) in [5.41, 5.74) is 0. The Labute approximate surface area is 98.5 Å². The first-order chi connectivity index (χ1) is 7.16. The third-order valence-electron chi connectivity index (χ3n) is 3.83. The molecule has 0 spiro atoms. The van der Waals surface area contributed by atoms with E-state index in [9.17, 15) is 13.2 Å². The third-order valence-corrected chi connectivity index (χ3v) is 5.88. The van der Waals surface area contributed by atoms with Gasteiger partial charge in [-0.05, 0) is 32.6 Å². The highest BCUT2D eigenvalue weighted by Gasteiger charge is 2.42. The van der Waals surface area contributed by atoms with E-state index in [1.807, 2.05) is 0 Å². The van der Waals surface area contributed by atoms with Crippen molar-refractivity contribution in [2.45, 2.75) is 51.2 Å². The number of Topliss-reactive ketones (excluding diaryl/α,β-unsaturated/α-hetero) is 1. The van der Waals surface area contributed by atoms with Crippen molar-refractivity contribution < 1.29 is 13.2 Å². The molecular formula is C12H22O3S. The van der Waals surface area contributed by atoms with Crippen LogP contribution >= 0.6 is 0 Å². The first kappa shape index (κ1) is 13.7. The lowest BCUT2D eigenvalue weighted by molar-refractivity contribution is -0.126. The van der Waals surface area contributed by atoms with Crippen molar-refractivity contribution in [3.8, 4) is 0 Å². The van der Waals surface area contributed by atoms with Crippen molar-refractivity contribution in [3.05, 3.63) is 0 Å². The van der Waals surface area contributed by atoms with Gasteiger partial charge in [-0.25, -0.2) is 8.42 Å². The van der Waals surface area contributed by atoms with Crippen LogP contribution in [0.4, 0.5) is 0 Å². The Morgan fingerprint density at radius 3 is 2.25 bits per heavy atom. The number of rotatable bonds is 3. The van der Waals surface area contributed by atoms with Gasteiger partial charge < -0.3 is 0 Å². The first-order valence-corrected chi connectivity index (χ1v) is 7.79. The van der Waals surface area contributed by atoms with Gasteiger partial charge in [-0.3, -0.25) is 4.79 Å². The normalized spacial score (nSPS) is 27.8. The standard InChI is InChI=1S/C12H22O3S/c1-9-6-5-7-10(8-9)11(13)12(2,3)16(4,14)15/h9-10H,5-8H2,1-4H3. The number of sulfone groups is 1. The number of carbonyl (C=O) groups excluding carboxylic acids is 1.